The second-order valence-electron chi connectivity index (χ2n) is 7.22. The predicted molar refractivity (Wildman–Crippen MR) is 96.0 cm³/mol. The Bertz CT molecular complexity index is 924. The van der Waals surface area contributed by atoms with Crippen LogP contribution in [0.2, 0.25) is 0 Å². The van der Waals surface area contributed by atoms with E-state index in [-0.39, 0.29) is 0 Å². The van der Waals surface area contributed by atoms with Gasteiger partial charge in [-0.15, -0.1) is 0 Å². The van der Waals surface area contributed by atoms with Crippen LogP contribution in [0.1, 0.15) is 50.9 Å². The van der Waals surface area contributed by atoms with E-state index >= 15 is 0 Å². The maximum absolute atomic E-state index is 9.93. The van der Waals surface area contributed by atoms with Crippen molar-refractivity contribution in [2.45, 2.75) is 57.6 Å². The van der Waals surface area contributed by atoms with Crippen LogP contribution >= 0.6 is 0 Å². The number of H-pyrrole nitrogens is 1. The van der Waals surface area contributed by atoms with Crippen molar-refractivity contribution in [3.63, 3.8) is 0 Å². The lowest BCUT2D eigenvalue weighted by atomic mass is 9.84. The van der Waals surface area contributed by atoms with Crippen molar-refractivity contribution < 1.29 is 5.11 Å². The number of rotatable bonds is 4. The quantitative estimate of drug-likeness (QED) is 0.762. The number of pyridine rings is 1. The number of aliphatic hydroxyl groups is 1. The molecule has 0 aromatic carbocycles. The van der Waals surface area contributed by atoms with E-state index in [9.17, 15) is 5.11 Å². The molecule has 6 heteroatoms. The lowest BCUT2D eigenvalue weighted by molar-refractivity contribution is 0.188. The van der Waals surface area contributed by atoms with E-state index in [1.165, 1.54) is 0 Å². The number of aromatic amines is 1. The standard InChI is InChI=1S/C19H23N5O/c1-12(25)10-17-23-16-11-22-19-15(7-9-21-19)18(16)24(17)14-4-2-13(3-5-14)6-8-20/h7,9,11-14,25H,2-6,10H2,1H3,(H,21,22)/t12-,13?,14?/m1/s1. The second kappa shape index (κ2) is 6.49. The monoisotopic (exact) mass is 337 g/mol. The molecule has 1 aliphatic rings. The van der Waals surface area contributed by atoms with E-state index in [1.54, 1.807) is 6.92 Å². The first-order valence-electron chi connectivity index (χ1n) is 9.05. The average molecular weight is 337 g/mol. The van der Waals surface area contributed by atoms with Crippen LogP contribution in [0, 0.1) is 17.2 Å². The molecule has 0 aliphatic heterocycles. The fraction of sp³-hybridized carbons (Fsp3) is 0.526. The molecule has 1 saturated carbocycles. The van der Waals surface area contributed by atoms with Gasteiger partial charge in [0.1, 0.15) is 17.0 Å². The summed E-state index contributed by atoms with van der Waals surface area (Å²) >= 11 is 0. The van der Waals surface area contributed by atoms with Crippen molar-refractivity contribution in [3.05, 3.63) is 24.3 Å². The maximum Gasteiger partial charge on any atom is 0.139 e. The largest absolute Gasteiger partial charge is 0.393 e. The highest BCUT2D eigenvalue weighted by molar-refractivity contribution is 6.01. The van der Waals surface area contributed by atoms with Crippen LogP contribution in [0.5, 0.6) is 0 Å². The molecule has 3 aromatic heterocycles. The van der Waals surface area contributed by atoms with Gasteiger partial charge in [-0.2, -0.15) is 5.26 Å². The van der Waals surface area contributed by atoms with Gasteiger partial charge in [-0.05, 0) is 44.6 Å². The highest BCUT2D eigenvalue weighted by atomic mass is 16.3. The topological polar surface area (TPSA) is 90.5 Å². The molecule has 1 fully saturated rings. The van der Waals surface area contributed by atoms with E-state index in [1.807, 2.05) is 12.4 Å². The lowest BCUT2D eigenvalue weighted by Gasteiger charge is -2.30. The zero-order valence-corrected chi connectivity index (χ0v) is 14.4. The van der Waals surface area contributed by atoms with Gasteiger partial charge >= 0.3 is 0 Å². The van der Waals surface area contributed by atoms with Crippen LogP contribution in [0.15, 0.2) is 18.5 Å². The van der Waals surface area contributed by atoms with Gasteiger partial charge in [-0.25, -0.2) is 9.97 Å². The molecule has 3 aromatic rings. The first kappa shape index (κ1) is 16.1. The van der Waals surface area contributed by atoms with Gasteiger partial charge in [-0.3, -0.25) is 0 Å². The molecule has 6 nitrogen and oxygen atoms in total. The number of aromatic nitrogens is 4. The molecule has 1 atom stereocenters. The fourth-order valence-corrected chi connectivity index (χ4v) is 4.18. The van der Waals surface area contributed by atoms with Crippen LogP contribution in [0.4, 0.5) is 0 Å². The summed E-state index contributed by atoms with van der Waals surface area (Å²) in [5, 5.41) is 20.0. The van der Waals surface area contributed by atoms with Crippen LogP contribution in [0.25, 0.3) is 22.1 Å². The van der Waals surface area contributed by atoms with Gasteiger partial charge in [0.2, 0.25) is 0 Å². The normalized spacial score (nSPS) is 22.3. The highest BCUT2D eigenvalue weighted by Gasteiger charge is 2.27. The van der Waals surface area contributed by atoms with Gasteiger partial charge in [0.05, 0.1) is 23.9 Å². The summed E-state index contributed by atoms with van der Waals surface area (Å²) in [7, 11) is 0. The maximum atomic E-state index is 9.93. The van der Waals surface area contributed by atoms with Crippen LogP contribution < -0.4 is 0 Å². The Morgan fingerprint density at radius 3 is 2.92 bits per heavy atom. The molecule has 3 heterocycles. The third-order valence-corrected chi connectivity index (χ3v) is 5.35. The minimum Gasteiger partial charge on any atom is -0.393 e. The Kier molecular flexibility index (Phi) is 4.18. The van der Waals surface area contributed by atoms with Gasteiger partial charge < -0.3 is 14.7 Å². The van der Waals surface area contributed by atoms with Crippen molar-refractivity contribution in [1.82, 2.24) is 19.5 Å². The number of fused-ring (bicyclic) bond motifs is 3. The molecule has 0 radical (unpaired) electrons. The Morgan fingerprint density at radius 2 is 2.20 bits per heavy atom. The minimum atomic E-state index is -0.430. The zero-order valence-electron chi connectivity index (χ0n) is 14.4. The fourth-order valence-electron chi connectivity index (χ4n) is 4.18. The first-order valence-corrected chi connectivity index (χ1v) is 9.05. The molecule has 1 aliphatic carbocycles. The summed E-state index contributed by atoms with van der Waals surface area (Å²) in [6.07, 6.45) is 8.76. The summed E-state index contributed by atoms with van der Waals surface area (Å²) < 4.78 is 2.34. The summed E-state index contributed by atoms with van der Waals surface area (Å²) in [6, 6.07) is 4.73. The molecule has 4 rings (SSSR count). The molecular formula is C19H23N5O. The van der Waals surface area contributed by atoms with Crippen LogP contribution in [-0.4, -0.2) is 30.7 Å². The van der Waals surface area contributed by atoms with Crippen molar-refractivity contribution in [2.24, 2.45) is 5.92 Å². The molecular weight excluding hydrogens is 314 g/mol. The minimum absolute atomic E-state index is 0.370. The zero-order chi connectivity index (χ0) is 17.4. The average Bonchev–Trinajstić information content (AvgIpc) is 3.19. The van der Waals surface area contributed by atoms with Gasteiger partial charge in [0.15, 0.2) is 0 Å². The third-order valence-electron chi connectivity index (χ3n) is 5.35. The van der Waals surface area contributed by atoms with Crippen molar-refractivity contribution in [1.29, 1.82) is 5.26 Å². The third kappa shape index (κ3) is 2.89. The van der Waals surface area contributed by atoms with Crippen molar-refractivity contribution in [3.8, 4) is 6.07 Å². The molecule has 0 saturated heterocycles. The number of nitrogens with zero attached hydrogens (tertiary/aromatic N) is 4. The van der Waals surface area contributed by atoms with Crippen LogP contribution in [0.3, 0.4) is 0 Å². The second-order valence-corrected chi connectivity index (χ2v) is 7.22. The summed E-state index contributed by atoms with van der Waals surface area (Å²) in [5.41, 5.74) is 2.88. The highest BCUT2D eigenvalue weighted by Crippen LogP contribution is 2.38. The molecule has 0 amide bonds. The summed E-state index contributed by atoms with van der Waals surface area (Å²) in [4.78, 5) is 12.4. The van der Waals surface area contributed by atoms with E-state index in [2.05, 4.69) is 26.7 Å². The molecule has 25 heavy (non-hydrogen) atoms. The van der Waals surface area contributed by atoms with E-state index in [0.29, 0.717) is 24.8 Å². The molecule has 0 spiro atoms. The number of nitriles is 1. The Balaban J connectivity index is 1.80. The van der Waals surface area contributed by atoms with Crippen molar-refractivity contribution in [2.75, 3.05) is 0 Å². The SMILES string of the molecule is C[C@@H](O)Cc1nc2cnc3[nH]ccc3c2n1C1CCC(CC#N)CC1. The van der Waals surface area contributed by atoms with Crippen LogP contribution in [-0.2, 0) is 6.42 Å². The number of hydrogen-bond donors (Lipinski definition) is 2. The summed E-state index contributed by atoms with van der Waals surface area (Å²) in [5.74, 6) is 1.45. The number of hydrogen-bond acceptors (Lipinski definition) is 4. The number of imidazole rings is 1. The van der Waals surface area contributed by atoms with Gasteiger partial charge in [-0.1, -0.05) is 0 Å². The summed E-state index contributed by atoms with van der Waals surface area (Å²) in [6.45, 7) is 1.80. The Morgan fingerprint density at radius 1 is 1.40 bits per heavy atom. The van der Waals surface area contributed by atoms with E-state index in [0.717, 1.165) is 53.6 Å². The van der Waals surface area contributed by atoms with E-state index in [4.69, 9.17) is 10.2 Å². The number of aliphatic hydroxyl groups excluding tert-OH is 1. The lowest BCUT2D eigenvalue weighted by Crippen LogP contribution is -2.21. The van der Waals surface area contributed by atoms with Crippen molar-refractivity contribution >= 4 is 22.1 Å². The predicted octanol–water partition coefficient (Wildman–Crippen LogP) is 3.48. The first-order chi connectivity index (χ1) is 12.2. The molecule has 130 valence electrons. The van der Waals surface area contributed by atoms with E-state index < -0.39 is 6.10 Å². The van der Waals surface area contributed by atoms with Gasteiger partial charge in [0.25, 0.3) is 0 Å². The number of nitrogens with one attached hydrogen (secondary N) is 1. The molecule has 2 N–H and O–H groups in total. The Hall–Kier alpha value is -2.39. The molecule has 0 bridgehead atoms. The smallest absolute Gasteiger partial charge is 0.139 e. The molecule has 0 unspecified atom stereocenters. The Labute approximate surface area is 146 Å². The van der Waals surface area contributed by atoms with Gasteiger partial charge in [0, 0.05) is 30.5 Å².